The Balaban J connectivity index is 3.14. The third-order valence-corrected chi connectivity index (χ3v) is 4.36. The normalized spacial score (nSPS) is 14.9. The summed E-state index contributed by atoms with van der Waals surface area (Å²) < 4.78 is 25.1. The van der Waals surface area contributed by atoms with E-state index < -0.39 is 9.53 Å². The third-order valence-electron chi connectivity index (χ3n) is 1.95. The molecule has 0 atom stereocenters. The molecular formula is C10H18N2O2S. The quantitative estimate of drug-likeness (QED) is 0.688. The molecule has 86 valence electrons. The van der Waals surface area contributed by atoms with Crippen LogP contribution in [0, 0.1) is 0 Å². The molecule has 0 aliphatic heterocycles. The SMILES string of the molecule is CC(C)NS(C)(=O)(O)c1ccc(N)cc1. The molecule has 0 unspecified atom stereocenters. The van der Waals surface area contributed by atoms with Gasteiger partial charge < -0.3 is 5.73 Å². The Morgan fingerprint density at radius 3 is 2.20 bits per heavy atom. The van der Waals surface area contributed by atoms with Gasteiger partial charge in [0.05, 0.1) is 4.90 Å². The van der Waals surface area contributed by atoms with Crippen LogP contribution >= 0.6 is 0 Å². The lowest BCUT2D eigenvalue weighted by Gasteiger charge is -2.41. The van der Waals surface area contributed by atoms with Crippen molar-refractivity contribution >= 4 is 15.2 Å². The van der Waals surface area contributed by atoms with E-state index in [1.165, 1.54) is 6.26 Å². The summed E-state index contributed by atoms with van der Waals surface area (Å²) in [4.78, 5) is 0.356. The Labute approximate surface area is 90.2 Å². The number of hydrogen-bond acceptors (Lipinski definition) is 2. The summed E-state index contributed by atoms with van der Waals surface area (Å²) in [6.45, 7) is 3.65. The van der Waals surface area contributed by atoms with Crippen molar-refractivity contribution in [2.75, 3.05) is 12.0 Å². The molecule has 0 aliphatic carbocycles. The number of hydrogen-bond donors (Lipinski definition) is 3. The van der Waals surface area contributed by atoms with Gasteiger partial charge >= 0.3 is 0 Å². The maximum Gasteiger partial charge on any atom is 0.0688 e. The van der Waals surface area contributed by atoms with Gasteiger partial charge in [0.2, 0.25) is 0 Å². The lowest BCUT2D eigenvalue weighted by atomic mass is 10.3. The standard InChI is InChI=1S/C10H18N2O2S/c1-8(2)12-15(3,13,14)10-6-4-9(11)5-7-10/h4-8H,11H2,1-3H3,(H2,12,13,14). The molecule has 0 bridgehead atoms. The van der Waals surface area contributed by atoms with E-state index in [1.54, 1.807) is 24.3 Å². The molecule has 0 saturated carbocycles. The lowest BCUT2D eigenvalue weighted by Crippen LogP contribution is -2.49. The fourth-order valence-electron chi connectivity index (χ4n) is 1.41. The molecule has 1 aromatic carbocycles. The van der Waals surface area contributed by atoms with Gasteiger partial charge in [0, 0.05) is 18.0 Å². The smallest absolute Gasteiger partial charge is 0.0688 e. The average molecular weight is 230 g/mol. The molecule has 4 N–H and O–H groups in total. The molecule has 1 rings (SSSR count). The second kappa shape index (κ2) is 3.59. The molecule has 0 saturated heterocycles. The molecule has 1 aromatic rings. The lowest BCUT2D eigenvalue weighted by molar-refractivity contribution is 0.490. The van der Waals surface area contributed by atoms with E-state index >= 15 is 0 Å². The summed E-state index contributed by atoms with van der Waals surface area (Å²) in [7, 11) is -3.93. The first-order valence-corrected chi connectivity index (χ1v) is 7.05. The second-order valence-electron chi connectivity index (χ2n) is 4.12. The first-order chi connectivity index (χ1) is 6.69. The van der Waals surface area contributed by atoms with Crippen LogP contribution in [0.4, 0.5) is 5.69 Å². The minimum absolute atomic E-state index is 0.0722. The van der Waals surface area contributed by atoms with Crippen LogP contribution in [0.15, 0.2) is 29.2 Å². The molecule has 0 heterocycles. The van der Waals surface area contributed by atoms with Crippen LogP contribution in [-0.4, -0.2) is 21.1 Å². The fraction of sp³-hybridized carbons (Fsp3) is 0.400. The van der Waals surface area contributed by atoms with Gasteiger partial charge in [0.15, 0.2) is 0 Å². The van der Waals surface area contributed by atoms with Crippen molar-refractivity contribution in [1.82, 2.24) is 4.72 Å². The minimum atomic E-state index is -3.93. The average Bonchev–Trinajstić information content (AvgIpc) is 2.00. The molecule has 0 aliphatic rings. The molecule has 0 fully saturated rings. The van der Waals surface area contributed by atoms with Gasteiger partial charge in [-0.1, -0.05) is 0 Å². The summed E-state index contributed by atoms with van der Waals surface area (Å²) in [6, 6.07) is 6.30. The number of nitrogen functional groups attached to an aromatic ring is 1. The van der Waals surface area contributed by atoms with Crippen molar-refractivity contribution in [2.24, 2.45) is 0 Å². The third kappa shape index (κ3) is 3.02. The topological polar surface area (TPSA) is 75.3 Å². The predicted molar refractivity (Wildman–Crippen MR) is 64.1 cm³/mol. The van der Waals surface area contributed by atoms with Crippen molar-refractivity contribution in [1.29, 1.82) is 0 Å². The summed E-state index contributed by atoms with van der Waals surface area (Å²) in [6.07, 6.45) is 1.31. The number of rotatable bonds is 3. The second-order valence-corrected chi connectivity index (χ2v) is 7.40. The van der Waals surface area contributed by atoms with E-state index in [1.807, 2.05) is 13.8 Å². The molecule has 0 radical (unpaired) electrons. The zero-order valence-electron chi connectivity index (χ0n) is 9.23. The zero-order valence-corrected chi connectivity index (χ0v) is 10.0. The molecule has 5 heteroatoms. The maximum atomic E-state index is 12.3. The number of nitrogens with one attached hydrogen (secondary N) is 1. The van der Waals surface area contributed by atoms with Crippen molar-refractivity contribution in [2.45, 2.75) is 24.8 Å². The summed E-state index contributed by atoms with van der Waals surface area (Å²) in [5, 5.41) is 0. The van der Waals surface area contributed by atoms with Crippen LogP contribution in [0.2, 0.25) is 0 Å². The summed E-state index contributed by atoms with van der Waals surface area (Å²) in [5.74, 6) is 0. The van der Waals surface area contributed by atoms with Gasteiger partial charge in [0.25, 0.3) is 0 Å². The number of benzene rings is 1. The first-order valence-electron chi connectivity index (χ1n) is 4.72. The van der Waals surface area contributed by atoms with E-state index in [0.717, 1.165) is 0 Å². The van der Waals surface area contributed by atoms with Crippen molar-refractivity contribution in [3.05, 3.63) is 24.3 Å². The Bertz CT molecular complexity index is 406. The van der Waals surface area contributed by atoms with Crippen LogP contribution in [0.5, 0.6) is 0 Å². The highest BCUT2D eigenvalue weighted by atomic mass is 32.3. The minimum Gasteiger partial charge on any atom is -0.399 e. The van der Waals surface area contributed by atoms with E-state index in [4.69, 9.17) is 5.73 Å². The molecule has 15 heavy (non-hydrogen) atoms. The Hall–Kier alpha value is -0.910. The zero-order chi connectivity index (χ0) is 11.7. The first kappa shape index (κ1) is 12.2. The highest BCUT2D eigenvalue weighted by Crippen LogP contribution is 2.26. The molecule has 4 nitrogen and oxygen atoms in total. The van der Waals surface area contributed by atoms with E-state index in [0.29, 0.717) is 10.6 Å². The van der Waals surface area contributed by atoms with Crippen LogP contribution in [-0.2, 0) is 9.53 Å². The van der Waals surface area contributed by atoms with Crippen molar-refractivity contribution in [3.63, 3.8) is 0 Å². The summed E-state index contributed by atoms with van der Waals surface area (Å²) in [5.41, 5.74) is 6.10. The van der Waals surface area contributed by atoms with Crippen LogP contribution in [0.3, 0.4) is 0 Å². The van der Waals surface area contributed by atoms with Gasteiger partial charge in [-0.3, -0.25) is 4.55 Å². The van der Waals surface area contributed by atoms with E-state index in [9.17, 15) is 8.76 Å². The Kier molecular flexibility index (Phi) is 2.91. The number of nitrogens with two attached hydrogens (primary N) is 1. The molecular weight excluding hydrogens is 212 g/mol. The van der Waals surface area contributed by atoms with Gasteiger partial charge in [-0.25, -0.2) is 4.72 Å². The highest BCUT2D eigenvalue weighted by Gasteiger charge is 2.24. The molecule has 0 aromatic heterocycles. The number of anilines is 1. The van der Waals surface area contributed by atoms with E-state index in [2.05, 4.69) is 4.72 Å². The monoisotopic (exact) mass is 230 g/mol. The Morgan fingerprint density at radius 2 is 1.80 bits per heavy atom. The van der Waals surface area contributed by atoms with Crippen LogP contribution in [0.25, 0.3) is 0 Å². The van der Waals surface area contributed by atoms with Crippen LogP contribution in [0.1, 0.15) is 13.8 Å². The van der Waals surface area contributed by atoms with Crippen LogP contribution < -0.4 is 10.5 Å². The van der Waals surface area contributed by atoms with Gasteiger partial charge in [-0.2, -0.15) is 4.21 Å². The Morgan fingerprint density at radius 1 is 1.33 bits per heavy atom. The van der Waals surface area contributed by atoms with Crippen molar-refractivity contribution in [3.8, 4) is 0 Å². The highest BCUT2D eigenvalue weighted by molar-refractivity contribution is 8.12. The van der Waals surface area contributed by atoms with Gasteiger partial charge in [-0.15, -0.1) is 9.53 Å². The fourth-order valence-corrected chi connectivity index (χ4v) is 3.44. The maximum absolute atomic E-state index is 12.3. The molecule has 0 spiro atoms. The van der Waals surface area contributed by atoms with Gasteiger partial charge in [-0.05, 0) is 38.1 Å². The van der Waals surface area contributed by atoms with Gasteiger partial charge in [0.1, 0.15) is 0 Å². The summed E-state index contributed by atoms with van der Waals surface area (Å²) >= 11 is 0. The largest absolute Gasteiger partial charge is 0.399 e. The van der Waals surface area contributed by atoms with Crippen molar-refractivity contribution < 1.29 is 8.76 Å². The molecule has 0 amide bonds. The predicted octanol–water partition coefficient (Wildman–Crippen LogP) is 1.46. The van der Waals surface area contributed by atoms with E-state index in [-0.39, 0.29) is 6.04 Å².